The molecule has 0 amide bonds. The molecule has 0 aliphatic carbocycles. The highest BCUT2D eigenvalue weighted by Gasteiger charge is 2.60. The molecule has 2 aromatic rings. The maximum Gasteiger partial charge on any atom is 0.490 e. The van der Waals surface area contributed by atoms with Gasteiger partial charge in [0, 0.05) is 6.42 Å². The number of phosphoric ester groups is 1. The number of carbonyl (C=O) groups excluding carboxylic acids is 1. The Labute approximate surface area is 201 Å². The Morgan fingerprint density at radius 3 is 2.42 bits per heavy atom. The number of hydrogen-bond acceptors (Lipinski definition) is 14. The Bertz CT molecular complexity index is 1280. The van der Waals surface area contributed by atoms with E-state index in [0.29, 0.717) is 6.42 Å². The van der Waals surface area contributed by atoms with Gasteiger partial charge in [-0.05, 0) is 6.42 Å². The van der Waals surface area contributed by atoms with Crippen LogP contribution in [0.3, 0.4) is 0 Å². The fourth-order valence-electron chi connectivity index (χ4n) is 3.47. The number of aromatic nitrogens is 4. The van der Waals surface area contributed by atoms with E-state index in [-0.39, 0.29) is 23.4 Å². The number of phosphoric acid groups is 3. The van der Waals surface area contributed by atoms with E-state index >= 15 is 0 Å². The van der Waals surface area contributed by atoms with E-state index in [2.05, 4.69) is 28.1 Å². The van der Waals surface area contributed by atoms with Crippen LogP contribution in [0.25, 0.3) is 11.2 Å². The molecular formula is C14H22N5O14P3. The van der Waals surface area contributed by atoms with Crippen LogP contribution in [-0.2, 0) is 42.1 Å². The van der Waals surface area contributed by atoms with Gasteiger partial charge < -0.3 is 40.3 Å². The van der Waals surface area contributed by atoms with Crippen molar-refractivity contribution in [1.29, 1.82) is 0 Å². The number of ether oxygens (including phenoxy) is 1. The molecule has 36 heavy (non-hydrogen) atoms. The Hall–Kier alpha value is -1.69. The van der Waals surface area contributed by atoms with Gasteiger partial charge >= 0.3 is 23.5 Å². The van der Waals surface area contributed by atoms with Gasteiger partial charge in [-0.25, -0.2) is 28.6 Å². The molecular weight excluding hydrogens is 555 g/mol. The number of aliphatic hydroxyl groups excluding tert-OH is 2. The molecule has 0 saturated carbocycles. The van der Waals surface area contributed by atoms with Crippen molar-refractivity contribution in [2.24, 2.45) is 0 Å². The molecule has 3 rings (SSSR count). The van der Waals surface area contributed by atoms with Crippen LogP contribution in [0.1, 0.15) is 19.8 Å². The van der Waals surface area contributed by atoms with E-state index in [9.17, 15) is 38.5 Å². The highest BCUT2D eigenvalue weighted by molar-refractivity contribution is 7.66. The number of carbonyl (C=O) groups is 1. The van der Waals surface area contributed by atoms with Crippen molar-refractivity contribution in [2.45, 2.75) is 43.8 Å². The number of ketones is 1. The minimum Gasteiger partial charge on any atom is -0.387 e. The predicted molar refractivity (Wildman–Crippen MR) is 114 cm³/mol. The van der Waals surface area contributed by atoms with Crippen LogP contribution in [0.15, 0.2) is 12.7 Å². The largest absolute Gasteiger partial charge is 0.490 e. The summed E-state index contributed by atoms with van der Waals surface area (Å²) in [5.41, 5.74) is 3.40. The summed E-state index contributed by atoms with van der Waals surface area (Å²) < 4.78 is 52.6. The summed E-state index contributed by atoms with van der Waals surface area (Å²) >= 11 is 0. The minimum absolute atomic E-state index is 0.0446. The standard InChI is InChI=1S/C14H22N5O14P3/c1-2-3-8(20)14(19-6-18-9-12(15)16-5-17-13(9)19)11(22)10(21)7(31-14)4-30-35(26,27)33-36(28,29)32-34(23,24)25/h5-7,10-11,21-22H,2-4H2,1H3,(H,26,27)(H,28,29)(H2,15,16,17)(H2,23,24,25)/t7-,10-,11-,14-/m1/s1. The SMILES string of the molecule is CCCC(=O)[C@@]1(n2cnc3c(N)ncnc32)O[C@H](COP(=O)(O)OP(=O)(O)OP(=O)(O)O)[C@@H](O)[C@H]1O. The Kier molecular flexibility index (Phi) is 8.20. The summed E-state index contributed by atoms with van der Waals surface area (Å²) in [4.78, 5) is 61.0. The van der Waals surface area contributed by atoms with Gasteiger partial charge in [0.2, 0.25) is 5.72 Å². The lowest BCUT2D eigenvalue weighted by Gasteiger charge is -2.32. The lowest BCUT2D eigenvalue weighted by Crippen LogP contribution is -2.51. The van der Waals surface area contributed by atoms with E-state index in [4.69, 9.17) is 20.3 Å². The molecule has 0 spiro atoms. The Morgan fingerprint density at radius 1 is 1.14 bits per heavy atom. The first-order valence-electron chi connectivity index (χ1n) is 9.82. The molecule has 3 heterocycles. The zero-order valence-corrected chi connectivity index (χ0v) is 20.8. The van der Waals surface area contributed by atoms with E-state index in [1.54, 1.807) is 6.92 Å². The summed E-state index contributed by atoms with van der Waals surface area (Å²) in [7, 11) is -17.0. The molecule has 0 radical (unpaired) electrons. The molecule has 22 heteroatoms. The zero-order chi connectivity index (χ0) is 27.1. The normalized spacial score (nSPS) is 28.1. The molecule has 1 saturated heterocycles. The maximum absolute atomic E-state index is 13.2. The van der Waals surface area contributed by atoms with E-state index < -0.39 is 59.9 Å². The molecule has 0 aromatic carbocycles. The average molecular weight is 577 g/mol. The van der Waals surface area contributed by atoms with Gasteiger partial charge in [-0.1, -0.05) is 6.92 Å². The highest BCUT2D eigenvalue weighted by Crippen LogP contribution is 2.66. The van der Waals surface area contributed by atoms with Crippen LogP contribution < -0.4 is 5.73 Å². The van der Waals surface area contributed by atoms with E-state index in [0.717, 1.165) is 17.2 Å². The number of rotatable bonds is 11. The number of nitrogens with zero attached hydrogens (tertiary/aromatic N) is 4. The number of Topliss-reactive ketones (excluding diaryl/α,β-unsaturated/α-hetero) is 1. The minimum atomic E-state index is -5.79. The fraction of sp³-hybridized carbons (Fsp3) is 0.571. The number of nitrogens with two attached hydrogens (primary N) is 1. The van der Waals surface area contributed by atoms with Crippen LogP contribution in [0.4, 0.5) is 5.82 Å². The average Bonchev–Trinajstić information content (AvgIpc) is 3.26. The van der Waals surface area contributed by atoms with Gasteiger partial charge in [-0.2, -0.15) is 8.62 Å². The molecule has 2 aromatic heterocycles. The van der Waals surface area contributed by atoms with Gasteiger partial charge in [-0.3, -0.25) is 13.9 Å². The number of aliphatic hydroxyl groups is 2. The number of fused-ring (bicyclic) bond motifs is 1. The van der Waals surface area contributed by atoms with Crippen molar-refractivity contribution >= 4 is 46.2 Å². The lowest BCUT2D eigenvalue weighted by molar-refractivity contribution is -0.173. The number of anilines is 1. The maximum atomic E-state index is 13.2. The fourth-order valence-corrected chi connectivity index (χ4v) is 6.50. The number of hydrogen-bond donors (Lipinski definition) is 7. The molecule has 6 atom stereocenters. The second kappa shape index (κ2) is 10.2. The van der Waals surface area contributed by atoms with E-state index in [1.807, 2.05) is 0 Å². The van der Waals surface area contributed by atoms with Crippen molar-refractivity contribution in [1.82, 2.24) is 19.5 Å². The molecule has 1 aliphatic heterocycles. The van der Waals surface area contributed by atoms with Crippen molar-refractivity contribution in [3.63, 3.8) is 0 Å². The van der Waals surface area contributed by atoms with Crippen molar-refractivity contribution in [3.8, 4) is 0 Å². The lowest BCUT2D eigenvalue weighted by atomic mass is 9.95. The van der Waals surface area contributed by atoms with Crippen molar-refractivity contribution in [2.75, 3.05) is 12.3 Å². The molecule has 2 unspecified atom stereocenters. The smallest absolute Gasteiger partial charge is 0.387 e. The second-order valence-electron chi connectivity index (χ2n) is 7.39. The monoisotopic (exact) mass is 577 g/mol. The first kappa shape index (κ1) is 28.9. The summed E-state index contributed by atoms with van der Waals surface area (Å²) in [6.45, 7) is 0.537. The van der Waals surface area contributed by atoms with Gasteiger partial charge in [-0.15, -0.1) is 0 Å². The molecule has 202 valence electrons. The molecule has 19 nitrogen and oxygen atoms in total. The third-order valence-electron chi connectivity index (χ3n) is 4.85. The van der Waals surface area contributed by atoms with Gasteiger partial charge in [0.25, 0.3) is 0 Å². The summed E-state index contributed by atoms with van der Waals surface area (Å²) in [5.74, 6) is -0.803. The Balaban J connectivity index is 1.90. The third-order valence-corrected chi connectivity index (χ3v) is 8.65. The van der Waals surface area contributed by atoms with Crippen LogP contribution in [0.5, 0.6) is 0 Å². The first-order valence-corrected chi connectivity index (χ1v) is 14.3. The van der Waals surface area contributed by atoms with Crippen LogP contribution in [0, 0.1) is 0 Å². The molecule has 0 bridgehead atoms. The summed E-state index contributed by atoms with van der Waals surface area (Å²) in [6.07, 6.45) is -3.41. The predicted octanol–water partition coefficient (Wildman–Crippen LogP) is -1.11. The highest BCUT2D eigenvalue weighted by atomic mass is 31.3. The van der Waals surface area contributed by atoms with E-state index in [1.165, 1.54) is 0 Å². The zero-order valence-electron chi connectivity index (χ0n) is 18.2. The topological polar surface area (TPSA) is 296 Å². The summed E-state index contributed by atoms with van der Waals surface area (Å²) in [6, 6.07) is 0. The summed E-state index contributed by atoms with van der Waals surface area (Å²) in [5, 5.41) is 21.5. The van der Waals surface area contributed by atoms with Crippen LogP contribution in [0.2, 0.25) is 0 Å². The number of nitrogen functional groups attached to an aromatic ring is 1. The third kappa shape index (κ3) is 5.89. The second-order valence-corrected chi connectivity index (χ2v) is 11.8. The van der Waals surface area contributed by atoms with Gasteiger partial charge in [0.15, 0.2) is 17.2 Å². The van der Waals surface area contributed by atoms with Crippen molar-refractivity contribution < 1.29 is 66.2 Å². The van der Waals surface area contributed by atoms with Gasteiger partial charge in [0.1, 0.15) is 36.5 Å². The van der Waals surface area contributed by atoms with Crippen molar-refractivity contribution in [3.05, 3.63) is 12.7 Å². The number of imidazole rings is 1. The quantitative estimate of drug-likeness (QED) is 0.156. The first-order chi connectivity index (χ1) is 16.5. The molecule has 8 N–H and O–H groups in total. The van der Waals surface area contributed by atoms with Gasteiger partial charge in [0.05, 0.1) is 6.61 Å². The van der Waals surface area contributed by atoms with Crippen LogP contribution >= 0.6 is 23.5 Å². The molecule has 1 aliphatic rings. The molecule has 1 fully saturated rings. The van der Waals surface area contributed by atoms with Crippen LogP contribution in [-0.4, -0.2) is 80.0 Å². The Morgan fingerprint density at radius 2 is 1.81 bits per heavy atom.